The third-order valence-corrected chi connectivity index (χ3v) is 11.2. The van der Waals surface area contributed by atoms with Gasteiger partial charge in [0.05, 0.1) is 29.2 Å². The van der Waals surface area contributed by atoms with Crippen LogP contribution in [0.4, 0.5) is 11.4 Å². The number of aliphatic hydroxyl groups is 1. The number of carbonyl (C=O) groups is 3. The minimum absolute atomic E-state index is 0.0622. The molecule has 2 aromatic carbocycles. The average molecular weight is 601 g/mol. The number of nitrogens with zero attached hydrogens (tertiary/aromatic N) is 4. The minimum atomic E-state index is -0.918. The normalized spacial score (nSPS) is 28.8. The third kappa shape index (κ3) is 4.86. The zero-order chi connectivity index (χ0) is 30.3. The fourth-order valence-electron chi connectivity index (χ4n) is 7.30. The smallest absolute Gasteiger partial charge is 0.251 e. The van der Waals surface area contributed by atoms with E-state index in [0.717, 1.165) is 30.0 Å². The van der Waals surface area contributed by atoms with Gasteiger partial charge in [0.1, 0.15) is 6.04 Å². The van der Waals surface area contributed by atoms with E-state index >= 15 is 0 Å². The second kappa shape index (κ2) is 11.8. The summed E-state index contributed by atoms with van der Waals surface area (Å²) in [6, 6.07) is 16.5. The summed E-state index contributed by atoms with van der Waals surface area (Å²) in [5.41, 5.74) is 2.88. The van der Waals surface area contributed by atoms with Crippen molar-refractivity contribution in [3.05, 3.63) is 84.5 Å². The molecular weight excluding hydrogens is 560 g/mol. The Balaban J connectivity index is 1.37. The Kier molecular flexibility index (Phi) is 8.13. The molecule has 4 aliphatic rings. The summed E-state index contributed by atoms with van der Waals surface area (Å²) < 4.78 is -0.918. The van der Waals surface area contributed by atoms with Gasteiger partial charge in [-0.15, -0.1) is 11.8 Å². The molecular formula is C34H40N4O4S. The second-order valence-electron chi connectivity index (χ2n) is 11.8. The van der Waals surface area contributed by atoms with E-state index in [2.05, 4.69) is 24.8 Å². The van der Waals surface area contributed by atoms with Gasteiger partial charge in [-0.25, -0.2) is 0 Å². The molecule has 8 nitrogen and oxygen atoms in total. The quantitative estimate of drug-likeness (QED) is 0.466. The summed E-state index contributed by atoms with van der Waals surface area (Å²) in [4.78, 5) is 50.7. The van der Waals surface area contributed by atoms with Crippen molar-refractivity contribution in [2.45, 2.75) is 49.4 Å². The maximum atomic E-state index is 14.6. The Labute approximate surface area is 258 Å². The lowest BCUT2D eigenvalue weighted by atomic mass is 9.78. The van der Waals surface area contributed by atoms with Crippen molar-refractivity contribution in [3.63, 3.8) is 0 Å². The van der Waals surface area contributed by atoms with Crippen LogP contribution >= 0.6 is 11.8 Å². The van der Waals surface area contributed by atoms with Gasteiger partial charge in [-0.1, -0.05) is 54.6 Å². The van der Waals surface area contributed by atoms with Gasteiger partial charge < -0.3 is 24.7 Å². The van der Waals surface area contributed by atoms with Crippen molar-refractivity contribution in [1.29, 1.82) is 0 Å². The van der Waals surface area contributed by atoms with E-state index < -0.39 is 28.7 Å². The molecule has 2 saturated heterocycles. The molecule has 226 valence electrons. The molecule has 1 N–H and O–H groups in total. The Morgan fingerprint density at radius 3 is 2.35 bits per heavy atom. The lowest BCUT2D eigenvalue weighted by Crippen LogP contribution is -2.56. The predicted molar refractivity (Wildman–Crippen MR) is 171 cm³/mol. The number of carbonyl (C=O) groups excluding carboxylic acids is 3. The van der Waals surface area contributed by atoms with Crippen LogP contribution in [0, 0.1) is 11.8 Å². The van der Waals surface area contributed by atoms with Crippen molar-refractivity contribution < 1.29 is 19.5 Å². The number of aliphatic hydroxyl groups excluding tert-OH is 1. The SMILES string of the molecule is CCN(CC)c1ccc(N2CC=C[C@]34S[C@H]5C=CCN(Cc6ccccc6)C(=O)[C@H]5[C@H]3C(=O)N([C@H](C)CO)C4C2=O)cc1. The average Bonchev–Trinajstić information content (AvgIpc) is 3.36. The van der Waals surface area contributed by atoms with Crippen LogP contribution in [0.5, 0.6) is 0 Å². The van der Waals surface area contributed by atoms with Crippen LogP contribution in [0.15, 0.2) is 78.9 Å². The first-order valence-electron chi connectivity index (χ1n) is 15.3. The molecule has 0 bridgehead atoms. The number of benzene rings is 2. The van der Waals surface area contributed by atoms with Gasteiger partial charge in [-0.3, -0.25) is 14.4 Å². The number of likely N-dealkylation sites (tertiary alicyclic amines) is 1. The van der Waals surface area contributed by atoms with Crippen LogP contribution in [-0.4, -0.2) is 87.5 Å². The summed E-state index contributed by atoms with van der Waals surface area (Å²) in [6.07, 6.45) is 8.09. The number of rotatable bonds is 8. The van der Waals surface area contributed by atoms with Crippen LogP contribution in [0.2, 0.25) is 0 Å². The van der Waals surface area contributed by atoms with Gasteiger partial charge in [0.15, 0.2) is 0 Å². The fourth-order valence-corrected chi connectivity index (χ4v) is 9.29. The Morgan fingerprint density at radius 2 is 1.67 bits per heavy atom. The molecule has 1 spiro atoms. The molecule has 4 aliphatic heterocycles. The van der Waals surface area contributed by atoms with E-state index in [1.54, 1.807) is 28.5 Å². The molecule has 43 heavy (non-hydrogen) atoms. The summed E-state index contributed by atoms with van der Waals surface area (Å²) >= 11 is 1.56. The van der Waals surface area contributed by atoms with Crippen molar-refractivity contribution in [2.24, 2.45) is 11.8 Å². The molecule has 2 fully saturated rings. The van der Waals surface area contributed by atoms with E-state index in [9.17, 15) is 19.5 Å². The van der Waals surface area contributed by atoms with Gasteiger partial charge in [0.25, 0.3) is 5.91 Å². The summed E-state index contributed by atoms with van der Waals surface area (Å²) in [5.74, 6) is -1.78. The molecule has 0 saturated carbocycles. The minimum Gasteiger partial charge on any atom is -0.394 e. The van der Waals surface area contributed by atoms with E-state index in [-0.39, 0.29) is 29.6 Å². The number of hydrogen-bond acceptors (Lipinski definition) is 6. The number of hydrogen-bond donors (Lipinski definition) is 1. The van der Waals surface area contributed by atoms with Crippen molar-refractivity contribution in [3.8, 4) is 0 Å². The number of anilines is 2. The summed E-state index contributed by atoms with van der Waals surface area (Å²) in [7, 11) is 0. The summed E-state index contributed by atoms with van der Waals surface area (Å²) in [5, 5.41) is 10.0. The first-order chi connectivity index (χ1) is 20.8. The Hall–Kier alpha value is -3.56. The topological polar surface area (TPSA) is 84.4 Å². The summed E-state index contributed by atoms with van der Waals surface area (Å²) in [6.45, 7) is 8.80. The highest BCUT2D eigenvalue weighted by Gasteiger charge is 2.71. The van der Waals surface area contributed by atoms with Gasteiger partial charge in [0, 0.05) is 49.3 Å². The zero-order valence-electron chi connectivity index (χ0n) is 25.0. The third-order valence-electron chi connectivity index (χ3n) is 9.43. The van der Waals surface area contributed by atoms with Gasteiger partial charge in [0.2, 0.25) is 11.8 Å². The van der Waals surface area contributed by atoms with Crippen molar-refractivity contribution in [1.82, 2.24) is 9.80 Å². The molecule has 0 aromatic heterocycles. The Bertz CT molecular complexity index is 1430. The molecule has 2 aromatic rings. The molecule has 0 radical (unpaired) electrons. The second-order valence-corrected chi connectivity index (χ2v) is 13.3. The molecule has 3 amide bonds. The van der Waals surface area contributed by atoms with Crippen LogP contribution in [0.3, 0.4) is 0 Å². The van der Waals surface area contributed by atoms with Crippen molar-refractivity contribution in [2.75, 3.05) is 42.6 Å². The van der Waals surface area contributed by atoms with Crippen LogP contribution in [0.1, 0.15) is 26.3 Å². The highest BCUT2D eigenvalue weighted by molar-refractivity contribution is 8.02. The number of amides is 3. The zero-order valence-corrected chi connectivity index (χ0v) is 25.8. The van der Waals surface area contributed by atoms with Crippen LogP contribution in [-0.2, 0) is 20.9 Å². The largest absolute Gasteiger partial charge is 0.394 e. The maximum absolute atomic E-state index is 14.6. The Morgan fingerprint density at radius 1 is 0.953 bits per heavy atom. The van der Waals surface area contributed by atoms with Gasteiger partial charge in [-0.2, -0.15) is 0 Å². The first-order valence-corrected chi connectivity index (χ1v) is 16.2. The molecule has 9 heteroatoms. The van der Waals surface area contributed by atoms with Crippen LogP contribution < -0.4 is 9.80 Å². The van der Waals surface area contributed by atoms with Gasteiger partial charge in [-0.05, 0) is 50.6 Å². The lowest BCUT2D eigenvalue weighted by molar-refractivity contribution is -0.144. The maximum Gasteiger partial charge on any atom is 0.251 e. The van der Waals surface area contributed by atoms with Crippen molar-refractivity contribution >= 4 is 40.9 Å². The lowest BCUT2D eigenvalue weighted by Gasteiger charge is -2.37. The monoisotopic (exact) mass is 600 g/mol. The first kappa shape index (κ1) is 29.5. The van der Waals surface area contributed by atoms with E-state index in [0.29, 0.717) is 19.6 Å². The number of fused-ring (bicyclic) bond motifs is 2. The molecule has 1 unspecified atom stereocenters. The highest BCUT2D eigenvalue weighted by Crippen LogP contribution is 2.61. The van der Waals surface area contributed by atoms with E-state index in [4.69, 9.17) is 0 Å². The number of thioether (sulfide) groups is 1. The van der Waals surface area contributed by atoms with E-state index in [1.165, 1.54) is 0 Å². The molecule has 4 heterocycles. The molecule has 6 atom stereocenters. The van der Waals surface area contributed by atoms with Gasteiger partial charge >= 0.3 is 0 Å². The predicted octanol–water partition coefficient (Wildman–Crippen LogP) is 3.71. The van der Waals surface area contributed by atoms with Crippen LogP contribution in [0.25, 0.3) is 0 Å². The molecule has 0 aliphatic carbocycles. The molecule has 6 rings (SSSR count). The van der Waals surface area contributed by atoms with E-state index in [1.807, 2.05) is 77.7 Å². The highest BCUT2D eigenvalue weighted by atomic mass is 32.2. The fraction of sp³-hybridized carbons (Fsp3) is 0.441. The standard InChI is InChI=1S/C34H40N4O4S/c1-4-35(5-2)25-14-16-26(17-15-25)37-20-10-18-34-29(32(41)38(23(3)22-39)30(34)33(37)42)28-27(43-34)13-9-19-36(31(28)40)21-24-11-7-6-8-12-24/h6-18,23,27-30,39H,4-5,19-22H2,1-3H3/t23-,27+,28-,29+,30?,34+/m1/s1.